The molecule has 1 atom stereocenters. The predicted molar refractivity (Wildman–Crippen MR) is 95.6 cm³/mol. The zero-order chi connectivity index (χ0) is 17.6. The number of likely N-dealkylation sites (tertiary alicyclic amines) is 1. The summed E-state index contributed by atoms with van der Waals surface area (Å²) in [5.41, 5.74) is 1.02. The molecule has 1 N–H and O–H groups in total. The fourth-order valence-corrected chi connectivity index (χ4v) is 2.76. The highest BCUT2D eigenvalue weighted by Gasteiger charge is 2.28. The minimum atomic E-state index is -0.0985. The van der Waals surface area contributed by atoms with Crippen molar-refractivity contribution in [3.63, 3.8) is 0 Å². The summed E-state index contributed by atoms with van der Waals surface area (Å²) in [6, 6.07) is 7.84. The Bertz CT molecular complexity index is 709. The second-order valence-corrected chi connectivity index (χ2v) is 6.58. The lowest BCUT2D eigenvalue weighted by atomic mass is 10.2. The van der Waals surface area contributed by atoms with E-state index >= 15 is 0 Å². The Kier molecular flexibility index (Phi) is 5.70. The highest BCUT2D eigenvalue weighted by Crippen LogP contribution is 2.16. The van der Waals surface area contributed by atoms with Crippen LogP contribution in [0.2, 0.25) is 0 Å². The van der Waals surface area contributed by atoms with Crippen molar-refractivity contribution in [2.75, 3.05) is 20.2 Å². The van der Waals surface area contributed by atoms with Gasteiger partial charge in [0.05, 0.1) is 18.1 Å². The number of ether oxygens (including phenoxy) is 2. The standard InChI is InChI=1S/C17H19BrN4O3/c1-24-14-4-2-12(3-5-14)8-21-17(23)22-7-6-15(11-22)25-16-19-9-13(18)10-20-16/h2-5,9-10,15H,6-8,11H2,1H3,(H,21,23)/t15-/m1/s1. The van der Waals surface area contributed by atoms with E-state index in [0.717, 1.165) is 22.2 Å². The molecular weight excluding hydrogens is 388 g/mol. The highest BCUT2D eigenvalue weighted by atomic mass is 79.9. The van der Waals surface area contributed by atoms with Crippen molar-refractivity contribution in [3.8, 4) is 11.8 Å². The molecule has 2 amide bonds. The number of hydrogen-bond acceptors (Lipinski definition) is 5. The van der Waals surface area contributed by atoms with Gasteiger partial charge in [-0.15, -0.1) is 0 Å². The van der Waals surface area contributed by atoms with Gasteiger partial charge in [-0.1, -0.05) is 12.1 Å². The monoisotopic (exact) mass is 406 g/mol. The number of aromatic nitrogens is 2. The van der Waals surface area contributed by atoms with Gasteiger partial charge in [0.2, 0.25) is 0 Å². The van der Waals surface area contributed by atoms with E-state index in [0.29, 0.717) is 25.6 Å². The summed E-state index contributed by atoms with van der Waals surface area (Å²) in [4.78, 5) is 22.2. The van der Waals surface area contributed by atoms with Crippen molar-refractivity contribution in [2.24, 2.45) is 0 Å². The van der Waals surface area contributed by atoms with E-state index in [1.54, 1.807) is 24.4 Å². The number of halogens is 1. The maximum Gasteiger partial charge on any atom is 0.317 e. The van der Waals surface area contributed by atoms with E-state index in [1.807, 2.05) is 24.3 Å². The molecule has 0 bridgehead atoms. The Morgan fingerprint density at radius 3 is 2.72 bits per heavy atom. The van der Waals surface area contributed by atoms with Crippen LogP contribution in [0, 0.1) is 0 Å². The van der Waals surface area contributed by atoms with Crippen LogP contribution >= 0.6 is 15.9 Å². The van der Waals surface area contributed by atoms with Crippen molar-refractivity contribution in [2.45, 2.75) is 19.1 Å². The molecule has 3 rings (SSSR count). The number of hydrogen-bond donors (Lipinski definition) is 1. The van der Waals surface area contributed by atoms with Gasteiger partial charge in [-0.05, 0) is 33.6 Å². The summed E-state index contributed by atoms with van der Waals surface area (Å²) in [5, 5.41) is 2.92. The highest BCUT2D eigenvalue weighted by molar-refractivity contribution is 9.10. The fourth-order valence-electron chi connectivity index (χ4n) is 2.55. The van der Waals surface area contributed by atoms with Crippen LogP contribution in [0.1, 0.15) is 12.0 Å². The van der Waals surface area contributed by atoms with Gasteiger partial charge in [0.15, 0.2) is 0 Å². The molecule has 0 aliphatic carbocycles. The molecule has 0 spiro atoms. The fraction of sp³-hybridized carbons (Fsp3) is 0.353. The lowest BCUT2D eigenvalue weighted by molar-refractivity contribution is 0.178. The van der Waals surface area contributed by atoms with Gasteiger partial charge in [0, 0.05) is 31.9 Å². The summed E-state index contributed by atoms with van der Waals surface area (Å²) in [5.74, 6) is 0.796. The average Bonchev–Trinajstić information content (AvgIpc) is 3.10. The van der Waals surface area contributed by atoms with Crippen LogP contribution in [0.15, 0.2) is 41.1 Å². The van der Waals surface area contributed by atoms with Crippen molar-refractivity contribution in [1.29, 1.82) is 0 Å². The van der Waals surface area contributed by atoms with Crippen LogP contribution in [-0.2, 0) is 6.54 Å². The third-order valence-corrected chi connectivity index (χ3v) is 4.31. The first-order chi connectivity index (χ1) is 12.1. The van der Waals surface area contributed by atoms with Gasteiger partial charge >= 0.3 is 12.0 Å². The van der Waals surface area contributed by atoms with Gasteiger partial charge in [-0.2, -0.15) is 0 Å². The first-order valence-corrected chi connectivity index (χ1v) is 8.73. The van der Waals surface area contributed by atoms with E-state index < -0.39 is 0 Å². The zero-order valence-corrected chi connectivity index (χ0v) is 15.4. The first-order valence-electron chi connectivity index (χ1n) is 7.94. The molecule has 8 heteroatoms. The molecule has 0 radical (unpaired) electrons. The number of urea groups is 1. The molecule has 1 aromatic carbocycles. The van der Waals surface area contributed by atoms with Gasteiger partial charge in [0.25, 0.3) is 0 Å². The average molecular weight is 407 g/mol. The molecule has 25 heavy (non-hydrogen) atoms. The Balaban J connectivity index is 1.46. The minimum Gasteiger partial charge on any atom is -0.497 e. The third-order valence-electron chi connectivity index (χ3n) is 3.90. The molecule has 0 saturated carbocycles. The van der Waals surface area contributed by atoms with Gasteiger partial charge in [-0.25, -0.2) is 14.8 Å². The molecular formula is C17H19BrN4O3. The van der Waals surface area contributed by atoms with E-state index in [1.165, 1.54) is 0 Å². The summed E-state index contributed by atoms with van der Waals surface area (Å²) < 4.78 is 11.6. The number of rotatable bonds is 5. The quantitative estimate of drug-likeness (QED) is 0.825. The molecule has 1 aliphatic heterocycles. The Hall–Kier alpha value is -2.35. The molecule has 2 heterocycles. The van der Waals surface area contributed by atoms with E-state index in [4.69, 9.17) is 9.47 Å². The number of methoxy groups -OCH3 is 1. The number of carbonyl (C=O) groups is 1. The number of amides is 2. The molecule has 1 aromatic heterocycles. The van der Waals surface area contributed by atoms with Crippen LogP contribution in [-0.4, -0.2) is 47.2 Å². The van der Waals surface area contributed by atoms with Crippen LogP contribution in [0.25, 0.3) is 0 Å². The molecule has 1 saturated heterocycles. The van der Waals surface area contributed by atoms with Crippen molar-refractivity contribution >= 4 is 22.0 Å². The zero-order valence-electron chi connectivity index (χ0n) is 13.8. The predicted octanol–water partition coefficient (Wildman–Crippen LogP) is 2.61. The Morgan fingerprint density at radius 2 is 2.04 bits per heavy atom. The van der Waals surface area contributed by atoms with Crippen molar-refractivity contribution in [1.82, 2.24) is 20.2 Å². The molecule has 132 valence electrons. The van der Waals surface area contributed by atoms with Crippen LogP contribution in [0.3, 0.4) is 0 Å². The second kappa shape index (κ2) is 8.15. The number of nitrogens with zero attached hydrogens (tertiary/aromatic N) is 3. The van der Waals surface area contributed by atoms with Gasteiger partial charge < -0.3 is 19.7 Å². The maximum absolute atomic E-state index is 12.3. The Labute approximate surface area is 154 Å². The van der Waals surface area contributed by atoms with Gasteiger partial charge in [0.1, 0.15) is 11.9 Å². The molecule has 1 fully saturated rings. The topological polar surface area (TPSA) is 76.6 Å². The first kappa shape index (κ1) is 17.5. The number of nitrogens with one attached hydrogen (secondary N) is 1. The maximum atomic E-state index is 12.3. The van der Waals surface area contributed by atoms with Crippen molar-refractivity contribution < 1.29 is 14.3 Å². The summed E-state index contributed by atoms with van der Waals surface area (Å²) in [6.07, 6.45) is 3.94. The lowest BCUT2D eigenvalue weighted by Crippen LogP contribution is -2.39. The largest absolute Gasteiger partial charge is 0.497 e. The van der Waals surface area contributed by atoms with E-state index in [-0.39, 0.29) is 12.1 Å². The number of benzene rings is 1. The minimum absolute atomic E-state index is 0.0899. The smallest absolute Gasteiger partial charge is 0.317 e. The number of carbonyl (C=O) groups excluding carboxylic acids is 1. The van der Waals surface area contributed by atoms with Crippen LogP contribution < -0.4 is 14.8 Å². The SMILES string of the molecule is COc1ccc(CNC(=O)N2CC[C@@H](Oc3ncc(Br)cn3)C2)cc1. The molecule has 7 nitrogen and oxygen atoms in total. The molecule has 0 unspecified atom stereocenters. The van der Waals surface area contributed by atoms with Crippen molar-refractivity contribution in [3.05, 3.63) is 46.7 Å². The third kappa shape index (κ3) is 4.82. The molecule has 2 aromatic rings. The van der Waals surface area contributed by atoms with E-state index in [9.17, 15) is 4.79 Å². The summed E-state index contributed by atoms with van der Waals surface area (Å²) in [6.45, 7) is 1.64. The second-order valence-electron chi connectivity index (χ2n) is 5.67. The lowest BCUT2D eigenvalue weighted by Gasteiger charge is -2.17. The summed E-state index contributed by atoms with van der Waals surface area (Å²) in [7, 11) is 1.63. The summed E-state index contributed by atoms with van der Waals surface area (Å²) >= 11 is 3.28. The van der Waals surface area contributed by atoms with Gasteiger partial charge in [-0.3, -0.25) is 0 Å². The van der Waals surface area contributed by atoms with Crippen LogP contribution in [0.5, 0.6) is 11.8 Å². The molecule has 1 aliphatic rings. The Morgan fingerprint density at radius 1 is 1.32 bits per heavy atom. The van der Waals surface area contributed by atoms with Crippen LogP contribution in [0.4, 0.5) is 4.79 Å². The normalized spacial score (nSPS) is 16.6. The van der Waals surface area contributed by atoms with E-state index in [2.05, 4.69) is 31.2 Å².